The summed E-state index contributed by atoms with van der Waals surface area (Å²) < 4.78 is 18.2. The zero-order valence-corrected chi connectivity index (χ0v) is 18.7. The van der Waals surface area contributed by atoms with Crippen LogP contribution in [0.2, 0.25) is 0 Å². The Morgan fingerprint density at radius 1 is 1.03 bits per heavy atom. The Hall–Kier alpha value is -3.11. The van der Waals surface area contributed by atoms with Crippen molar-refractivity contribution in [3.63, 3.8) is 0 Å². The van der Waals surface area contributed by atoms with E-state index in [1.54, 1.807) is 11.0 Å². The average molecular weight is 473 g/mol. The maximum Gasteiger partial charge on any atom is 0.226 e. The Labute approximate surface area is 196 Å². The van der Waals surface area contributed by atoms with Gasteiger partial charge in [-0.25, -0.2) is 4.39 Å². The van der Waals surface area contributed by atoms with Crippen LogP contribution in [0.25, 0.3) is 21.8 Å². The van der Waals surface area contributed by atoms with E-state index in [1.807, 2.05) is 45.8 Å². The number of nitrogens with one attached hydrogen (secondary N) is 1. The Bertz CT molecular complexity index is 1320. The van der Waals surface area contributed by atoms with Gasteiger partial charge in [-0.2, -0.15) is 5.10 Å². The summed E-state index contributed by atoms with van der Waals surface area (Å²) in [5.41, 5.74) is 11.7. The number of aryl methyl sites for hydroxylation is 1. The van der Waals surface area contributed by atoms with Crippen molar-refractivity contribution in [2.45, 2.75) is 25.9 Å². The summed E-state index contributed by atoms with van der Waals surface area (Å²) in [6.45, 7) is 1.66. The first-order valence-corrected chi connectivity index (χ1v) is 10.6. The summed E-state index contributed by atoms with van der Waals surface area (Å²) in [6, 6.07) is 12.5. The summed E-state index contributed by atoms with van der Waals surface area (Å²) in [5, 5.41) is 26.3. The van der Waals surface area contributed by atoms with Gasteiger partial charge in [0.2, 0.25) is 6.35 Å². The fraction of sp³-hybridized carbons (Fsp3) is 0.261. The molecule has 10 heteroatoms. The largest absolute Gasteiger partial charge is 0.395 e. The van der Waals surface area contributed by atoms with E-state index in [2.05, 4.69) is 10.5 Å². The summed E-state index contributed by atoms with van der Waals surface area (Å²) in [5.74, 6) is 0.169. The van der Waals surface area contributed by atoms with Gasteiger partial charge in [-0.05, 0) is 37.2 Å². The second kappa shape index (κ2) is 9.40. The Morgan fingerprint density at radius 3 is 2.58 bits per heavy atom. The number of aliphatic hydroxyl groups is 2. The third-order valence-corrected chi connectivity index (χ3v) is 5.81. The topological polar surface area (TPSA) is 104 Å². The van der Waals surface area contributed by atoms with Gasteiger partial charge >= 0.3 is 0 Å². The number of hydrogen-bond acceptors (Lipinski definition) is 6. The van der Waals surface area contributed by atoms with Crippen molar-refractivity contribution in [2.24, 2.45) is 10.8 Å². The van der Waals surface area contributed by atoms with Crippen LogP contribution in [-0.4, -0.2) is 44.7 Å². The molecule has 2 aromatic carbocycles. The van der Waals surface area contributed by atoms with Crippen LogP contribution in [0, 0.1) is 5.82 Å². The normalized spacial score (nSPS) is 15.7. The average Bonchev–Trinajstić information content (AvgIpc) is 3.46. The lowest BCUT2D eigenvalue weighted by molar-refractivity contribution is 0.159. The van der Waals surface area contributed by atoms with E-state index >= 15 is 0 Å². The molecule has 0 amide bonds. The fourth-order valence-corrected chi connectivity index (χ4v) is 4.39. The molecule has 174 valence electrons. The molecule has 1 atom stereocenters. The van der Waals surface area contributed by atoms with E-state index in [1.165, 1.54) is 12.1 Å². The molecule has 1 unspecified atom stereocenters. The quantitative estimate of drug-likeness (QED) is 0.331. The van der Waals surface area contributed by atoms with Crippen LogP contribution in [0.1, 0.15) is 12.0 Å². The molecule has 4 aromatic rings. The molecule has 0 bridgehead atoms. The number of benzene rings is 2. The molecule has 0 radical (unpaired) electrons. The summed E-state index contributed by atoms with van der Waals surface area (Å²) in [7, 11) is 0. The Kier molecular flexibility index (Phi) is 6.57. The molecule has 0 saturated carbocycles. The van der Waals surface area contributed by atoms with Crippen LogP contribution in [-0.2, 0) is 13.1 Å². The number of aliphatic hydroxyl groups excluding tert-OH is 2. The van der Waals surface area contributed by atoms with Gasteiger partial charge in [0.1, 0.15) is 5.82 Å². The van der Waals surface area contributed by atoms with Gasteiger partial charge in [0.05, 0.1) is 17.8 Å². The number of fused-ring (bicyclic) bond motifs is 2. The molecular weight excluding hydrogens is 447 g/mol. The first kappa shape index (κ1) is 23.1. The molecule has 0 saturated heterocycles. The molecule has 1 aliphatic heterocycles. The zero-order valence-electron chi connectivity index (χ0n) is 17.9. The highest BCUT2D eigenvalue weighted by atomic mass is 35.5. The zero-order chi connectivity index (χ0) is 22.2. The number of hydrogen-bond donors (Lipinski definition) is 4. The van der Waals surface area contributed by atoms with Gasteiger partial charge in [0, 0.05) is 47.3 Å². The first-order valence-electron chi connectivity index (χ1n) is 10.6. The highest BCUT2D eigenvalue weighted by molar-refractivity contribution is 6.20. The third-order valence-electron chi connectivity index (χ3n) is 5.81. The molecule has 0 aliphatic carbocycles. The van der Waals surface area contributed by atoms with E-state index in [0.717, 1.165) is 28.4 Å². The van der Waals surface area contributed by atoms with Crippen molar-refractivity contribution in [3.8, 4) is 0 Å². The molecular formula is C23H26ClFN6O2. The Morgan fingerprint density at radius 2 is 1.79 bits per heavy atom. The number of anilines is 1. The van der Waals surface area contributed by atoms with E-state index in [4.69, 9.17) is 5.73 Å². The fourth-order valence-electron chi connectivity index (χ4n) is 4.39. The first-order chi connectivity index (χ1) is 15.6. The van der Waals surface area contributed by atoms with Crippen LogP contribution in [0.5, 0.6) is 0 Å². The lowest BCUT2D eigenvalue weighted by Gasteiger charge is -2.22. The smallest absolute Gasteiger partial charge is 0.226 e. The monoisotopic (exact) mass is 472 g/mol. The standard InChI is InChI=1S/C23H25FN6O2.ClH/c24-15-6-7-20-17(12-15)21(14-28(20)9-3-8-25)30-22(26-27-23(30)32)18-13-29(10-11-31)19-5-2-1-4-16(18)19;/h1-2,4-7,12-14,23,27,31-32H,3,8-11,25H2;1H. The number of nitrogens with zero attached hydrogens (tertiary/aromatic N) is 4. The minimum atomic E-state index is -1.11. The van der Waals surface area contributed by atoms with Crippen molar-refractivity contribution in [1.82, 2.24) is 14.6 Å². The minimum absolute atomic E-state index is 0. The summed E-state index contributed by atoms with van der Waals surface area (Å²) in [6.07, 6.45) is 3.48. The van der Waals surface area contributed by atoms with Gasteiger partial charge in [-0.1, -0.05) is 18.2 Å². The van der Waals surface area contributed by atoms with Crippen molar-refractivity contribution < 1.29 is 14.6 Å². The maximum absolute atomic E-state index is 14.2. The second-order valence-corrected chi connectivity index (χ2v) is 7.80. The van der Waals surface area contributed by atoms with Crippen LogP contribution in [0.3, 0.4) is 0 Å². The van der Waals surface area contributed by atoms with E-state index in [-0.39, 0.29) is 24.8 Å². The number of amidine groups is 1. The number of aromatic nitrogens is 2. The molecule has 5 rings (SSSR count). The highest BCUT2D eigenvalue weighted by Crippen LogP contribution is 2.35. The molecule has 0 spiro atoms. The predicted molar refractivity (Wildman–Crippen MR) is 130 cm³/mol. The molecule has 3 heterocycles. The number of para-hydroxylation sites is 1. The number of halogens is 2. The molecule has 0 fully saturated rings. The molecule has 33 heavy (non-hydrogen) atoms. The highest BCUT2D eigenvalue weighted by Gasteiger charge is 2.32. The van der Waals surface area contributed by atoms with E-state index in [9.17, 15) is 14.6 Å². The van der Waals surface area contributed by atoms with E-state index in [0.29, 0.717) is 36.5 Å². The van der Waals surface area contributed by atoms with Gasteiger partial charge < -0.3 is 25.1 Å². The van der Waals surface area contributed by atoms with Gasteiger partial charge in [0.15, 0.2) is 5.84 Å². The molecule has 1 aliphatic rings. The number of hydrazone groups is 1. The van der Waals surface area contributed by atoms with Crippen molar-refractivity contribution in [1.29, 1.82) is 0 Å². The maximum atomic E-state index is 14.2. The SMILES string of the molecule is Cl.NCCCn1cc(N2C(c3cn(CCO)c4ccccc34)=NNC2O)c2cc(F)ccc21. The lowest BCUT2D eigenvalue weighted by Crippen LogP contribution is -2.40. The van der Waals surface area contributed by atoms with Gasteiger partial charge in [0.25, 0.3) is 0 Å². The number of rotatable bonds is 7. The number of nitrogens with two attached hydrogens (primary N) is 1. The van der Waals surface area contributed by atoms with Crippen LogP contribution in [0.4, 0.5) is 10.1 Å². The van der Waals surface area contributed by atoms with E-state index < -0.39 is 6.35 Å². The predicted octanol–water partition coefficient (Wildman–Crippen LogP) is 2.55. The molecule has 2 aromatic heterocycles. The lowest BCUT2D eigenvalue weighted by atomic mass is 10.1. The summed E-state index contributed by atoms with van der Waals surface area (Å²) in [4.78, 5) is 1.67. The van der Waals surface area contributed by atoms with Crippen LogP contribution in [0.15, 0.2) is 60.0 Å². The van der Waals surface area contributed by atoms with Crippen LogP contribution < -0.4 is 16.1 Å². The third kappa shape index (κ3) is 3.93. The minimum Gasteiger partial charge on any atom is -0.395 e. The molecule has 8 nitrogen and oxygen atoms in total. The van der Waals surface area contributed by atoms with Gasteiger partial charge in [-0.15, -0.1) is 12.4 Å². The summed E-state index contributed by atoms with van der Waals surface area (Å²) >= 11 is 0. The Balaban J connectivity index is 0.00000259. The van der Waals surface area contributed by atoms with Crippen molar-refractivity contribution in [3.05, 3.63) is 66.2 Å². The van der Waals surface area contributed by atoms with Crippen LogP contribution >= 0.6 is 12.4 Å². The second-order valence-electron chi connectivity index (χ2n) is 7.80. The molecule has 5 N–H and O–H groups in total. The van der Waals surface area contributed by atoms with Crippen molar-refractivity contribution >= 4 is 45.7 Å². The van der Waals surface area contributed by atoms with Crippen molar-refractivity contribution in [2.75, 3.05) is 18.1 Å². The van der Waals surface area contributed by atoms with Gasteiger partial charge in [-0.3, -0.25) is 10.3 Å².